The smallest absolute Gasteiger partial charge is 0.115 e. The van der Waals surface area contributed by atoms with Crippen molar-refractivity contribution in [3.63, 3.8) is 0 Å². The van der Waals surface area contributed by atoms with Gasteiger partial charge in [-0.1, -0.05) is 19.1 Å². The van der Waals surface area contributed by atoms with Crippen molar-refractivity contribution in [1.29, 1.82) is 0 Å². The third-order valence-electron chi connectivity index (χ3n) is 3.03. The molecule has 1 aromatic carbocycles. The van der Waals surface area contributed by atoms with Gasteiger partial charge in [0.2, 0.25) is 0 Å². The maximum atomic E-state index is 9.29. The first-order chi connectivity index (χ1) is 8.61. The Kier molecular flexibility index (Phi) is 6.76. The number of nitrogens with zero attached hydrogens (tertiary/aromatic N) is 1. The van der Waals surface area contributed by atoms with Crippen LogP contribution < -0.4 is 5.32 Å². The van der Waals surface area contributed by atoms with E-state index in [4.69, 9.17) is 0 Å². The second-order valence-electron chi connectivity index (χ2n) is 5.11. The molecule has 0 amide bonds. The molecular formula is C15H26N2O. The zero-order valence-electron chi connectivity index (χ0n) is 11.8. The van der Waals surface area contributed by atoms with Crippen molar-refractivity contribution in [3.8, 4) is 5.75 Å². The van der Waals surface area contributed by atoms with Crippen molar-refractivity contribution in [2.24, 2.45) is 0 Å². The Balaban J connectivity index is 2.50. The van der Waals surface area contributed by atoms with Crippen molar-refractivity contribution in [2.75, 3.05) is 27.2 Å². The van der Waals surface area contributed by atoms with Crippen molar-refractivity contribution in [3.05, 3.63) is 29.8 Å². The summed E-state index contributed by atoms with van der Waals surface area (Å²) in [5.74, 6) is 0.338. The minimum atomic E-state index is 0.338. The lowest BCUT2D eigenvalue weighted by molar-refractivity contribution is 0.356. The van der Waals surface area contributed by atoms with Gasteiger partial charge in [0.15, 0.2) is 0 Å². The molecule has 0 saturated carbocycles. The average molecular weight is 250 g/mol. The molecule has 0 aliphatic rings. The Hall–Kier alpha value is -1.06. The molecule has 0 saturated heterocycles. The van der Waals surface area contributed by atoms with E-state index in [9.17, 15) is 5.11 Å². The van der Waals surface area contributed by atoms with Crippen molar-refractivity contribution >= 4 is 0 Å². The van der Waals surface area contributed by atoms with E-state index in [2.05, 4.69) is 31.2 Å². The standard InChI is InChI=1S/C15H26N2O/c1-4-10-16-14(9-11-17(2)3)12-13-5-7-15(18)8-6-13/h5-8,14,16,18H,4,9-12H2,1-3H3. The zero-order chi connectivity index (χ0) is 13.4. The molecule has 0 aliphatic heterocycles. The van der Waals surface area contributed by atoms with Gasteiger partial charge in [-0.05, 0) is 64.1 Å². The van der Waals surface area contributed by atoms with Gasteiger partial charge in [-0.15, -0.1) is 0 Å². The molecule has 0 spiro atoms. The molecule has 0 heterocycles. The summed E-state index contributed by atoms with van der Waals surface area (Å²) in [5.41, 5.74) is 1.28. The highest BCUT2D eigenvalue weighted by molar-refractivity contribution is 5.26. The number of rotatable bonds is 8. The molecule has 102 valence electrons. The normalized spacial score (nSPS) is 12.9. The van der Waals surface area contributed by atoms with Crippen LogP contribution in [0.5, 0.6) is 5.75 Å². The zero-order valence-corrected chi connectivity index (χ0v) is 11.8. The fraction of sp³-hybridized carbons (Fsp3) is 0.600. The molecule has 3 heteroatoms. The third kappa shape index (κ3) is 6.03. The molecule has 2 N–H and O–H groups in total. The van der Waals surface area contributed by atoms with Crippen molar-refractivity contribution in [2.45, 2.75) is 32.2 Å². The number of phenols is 1. The van der Waals surface area contributed by atoms with Crippen molar-refractivity contribution < 1.29 is 5.11 Å². The van der Waals surface area contributed by atoms with Gasteiger partial charge in [0.1, 0.15) is 5.75 Å². The van der Waals surface area contributed by atoms with Crippen LogP contribution in [-0.4, -0.2) is 43.2 Å². The van der Waals surface area contributed by atoms with Gasteiger partial charge >= 0.3 is 0 Å². The van der Waals surface area contributed by atoms with Crippen LogP contribution in [0.1, 0.15) is 25.3 Å². The Bertz CT molecular complexity index is 322. The third-order valence-corrected chi connectivity index (χ3v) is 3.03. The van der Waals surface area contributed by atoms with Crippen LogP contribution in [-0.2, 0) is 6.42 Å². The maximum absolute atomic E-state index is 9.29. The van der Waals surface area contributed by atoms with Crippen LogP contribution in [0.15, 0.2) is 24.3 Å². The summed E-state index contributed by atoms with van der Waals surface area (Å²) in [6, 6.07) is 8.05. The molecule has 0 aromatic heterocycles. The largest absolute Gasteiger partial charge is 0.508 e. The number of hydrogen-bond acceptors (Lipinski definition) is 3. The van der Waals surface area contributed by atoms with Gasteiger partial charge in [-0.3, -0.25) is 0 Å². The summed E-state index contributed by atoms with van der Waals surface area (Å²) < 4.78 is 0. The molecule has 1 atom stereocenters. The number of nitrogens with one attached hydrogen (secondary N) is 1. The first-order valence-electron chi connectivity index (χ1n) is 6.78. The van der Waals surface area contributed by atoms with Crippen molar-refractivity contribution in [1.82, 2.24) is 10.2 Å². The van der Waals surface area contributed by atoms with Crippen LogP contribution in [0.25, 0.3) is 0 Å². The lowest BCUT2D eigenvalue weighted by atomic mass is 10.0. The van der Waals surface area contributed by atoms with Gasteiger partial charge in [-0.2, -0.15) is 0 Å². The predicted molar refractivity (Wildman–Crippen MR) is 77.1 cm³/mol. The summed E-state index contributed by atoms with van der Waals surface area (Å²) in [6.07, 6.45) is 3.33. The monoisotopic (exact) mass is 250 g/mol. The summed E-state index contributed by atoms with van der Waals surface area (Å²) in [4.78, 5) is 2.22. The molecule has 3 nitrogen and oxygen atoms in total. The van der Waals surface area contributed by atoms with E-state index >= 15 is 0 Å². The van der Waals surface area contributed by atoms with Crippen LogP contribution >= 0.6 is 0 Å². The minimum absolute atomic E-state index is 0.338. The summed E-state index contributed by atoms with van der Waals surface area (Å²) >= 11 is 0. The first-order valence-corrected chi connectivity index (χ1v) is 6.78. The molecule has 0 aliphatic carbocycles. The summed E-state index contributed by atoms with van der Waals surface area (Å²) in [5, 5.41) is 12.9. The molecule has 1 unspecified atom stereocenters. The molecule has 0 fully saturated rings. The first kappa shape index (κ1) is 15.0. The minimum Gasteiger partial charge on any atom is -0.508 e. The highest BCUT2D eigenvalue weighted by Crippen LogP contribution is 2.12. The lowest BCUT2D eigenvalue weighted by Crippen LogP contribution is -2.34. The summed E-state index contributed by atoms with van der Waals surface area (Å²) in [6.45, 7) is 4.35. The van der Waals surface area contributed by atoms with Gasteiger partial charge in [-0.25, -0.2) is 0 Å². The SMILES string of the molecule is CCCNC(CCN(C)C)Cc1ccc(O)cc1. The van der Waals surface area contributed by atoms with E-state index in [-0.39, 0.29) is 0 Å². The van der Waals surface area contributed by atoms with E-state index in [0.717, 1.165) is 32.4 Å². The fourth-order valence-corrected chi connectivity index (χ4v) is 1.96. The lowest BCUT2D eigenvalue weighted by Gasteiger charge is -2.20. The quantitative estimate of drug-likeness (QED) is 0.743. The second-order valence-corrected chi connectivity index (χ2v) is 5.11. The van der Waals surface area contributed by atoms with E-state index in [1.165, 1.54) is 5.56 Å². The summed E-state index contributed by atoms with van der Waals surface area (Å²) in [7, 11) is 4.22. The van der Waals surface area contributed by atoms with E-state index < -0.39 is 0 Å². The topological polar surface area (TPSA) is 35.5 Å². The van der Waals surface area contributed by atoms with Crippen LogP contribution in [0.2, 0.25) is 0 Å². The van der Waals surface area contributed by atoms with E-state index in [1.54, 1.807) is 12.1 Å². The second kappa shape index (κ2) is 8.11. The average Bonchev–Trinajstić information content (AvgIpc) is 2.35. The molecule has 18 heavy (non-hydrogen) atoms. The van der Waals surface area contributed by atoms with E-state index in [1.807, 2.05) is 12.1 Å². The highest BCUT2D eigenvalue weighted by Gasteiger charge is 2.09. The number of hydrogen-bond donors (Lipinski definition) is 2. The highest BCUT2D eigenvalue weighted by atomic mass is 16.3. The number of aromatic hydroxyl groups is 1. The molecular weight excluding hydrogens is 224 g/mol. The number of phenolic OH excluding ortho intramolecular Hbond substituents is 1. The van der Waals surface area contributed by atoms with E-state index in [0.29, 0.717) is 11.8 Å². The van der Waals surface area contributed by atoms with Crippen LogP contribution in [0.3, 0.4) is 0 Å². The van der Waals surface area contributed by atoms with Gasteiger partial charge in [0.25, 0.3) is 0 Å². The predicted octanol–water partition coefficient (Wildman–Crippen LogP) is 2.25. The van der Waals surface area contributed by atoms with Gasteiger partial charge in [0.05, 0.1) is 0 Å². The maximum Gasteiger partial charge on any atom is 0.115 e. The Morgan fingerprint density at radius 3 is 2.44 bits per heavy atom. The number of benzene rings is 1. The van der Waals surface area contributed by atoms with Crippen LogP contribution in [0, 0.1) is 0 Å². The molecule has 0 bridgehead atoms. The Morgan fingerprint density at radius 1 is 1.22 bits per heavy atom. The van der Waals surface area contributed by atoms with Crippen LogP contribution in [0.4, 0.5) is 0 Å². The van der Waals surface area contributed by atoms with Gasteiger partial charge < -0.3 is 15.3 Å². The fourth-order valence-electron chi connectivity index (χ4n) is 1.96. The van der Waals surface area contributed by atoms with Gasteiger partial charge in [0, 0.05) is 6.04 Å². The molecule has 1 rings (SSSR count). The Labute approximate surface area is 111 Å². The molecule has 0 radical (unpaired) electrons. The Morgan fingerprint density at radius 2 is 1.89 bits per heavy atom. The molecule has 1 aromatic rings.